The second-order valence-corrected chi connectivity index (χ2v) is 5.54. The Morgan fingerprint density at radius 3 is 2.71 bits per heavy atom. The number of hydrogen-bond donors (Lipinski definition) is 2. The molecule has 0 aliphatic heterocycles. The summed E-state index contributed by atoms with van der Waals surface area (Å²) >= 11 is 0. The molecule has 0 radical (unpaired) electrons. The molecule has 1 aliphatic rings. The second kappa shape index (κ2) is 5.60. The highest BCUT2D eigenvalue weighted by Gasteiger charge is 2.44. The van der Waals surface area contributed by atoms with Crippen molar-refractivity contribution in [2.75, 3.05) is 11.9 Å². The van der Waals surface area contributed by atoms with Gasteiger partial charge in [-0.15, -0.1) is 0 Å². The number of hydrogen-bond acceptors (Lipinski definition) is 2. The molecule has 1 saturated carbocycles. The number of aryl methyl sites for hydroxylation is 1. The van der Waals surface area contributed by atoms with Crippen molar-refractivity contribution in [2.45, 2.75) is 31.7 Å². The van der Waals surface area contributed by atoms with Crippen LogP contribution in [-0.2, 0) is 12.0 Å². The van der Waals surface area contributed by atoms with E-state index in [1.807, 2.05) is 19.2 Å². The molecule has 1 fully saturated rings. The molecule has 1 heterocycles. The Hall–Kier alpha value is -2.30. The van der Waals surface area contributed by atoms with Crippen LogP contribution in [-0.4, -0.2) is 22.4 Å². The molecule has 0 saturated heterocycles. The molecule has 21 heavy (non-hydrogen) atoms. The number of nitrogens with one attached hydrogen (secondary N) is 2. The van der Waals surface area contributed by atoms with Crippen LogP contribution >= 0.6 is 0 Å². The van der Waals surface area contributed by atoms with Crippen molar-refractivity contribution in [3.05, 3.63) is 48.3 Å². The average Bonchev–Trinajstić information content (AvgIpc) is 3.19. The highest BCUT2D eigenvalue weighted by molar-refractivity contribution is 5.89. The standard InChI is InChI=1S/C16H20N4O/c1-2-20-11-14(10-18-20)19-15(21)17-12-16(8-9-16)13-6-4-3-5-7-13/h3-7,10-11H,2,8-9,12H2,1H3,(H2,17,19,21). The normalized spacial score (nSPS) is 15.5. The van der Waals surface area contributed by atoms with Crippen molar-refractivity contribution >= 4 is 11.7 Å². The maximum Gasteiger partial charge on any atom is 0.319 e. The largest absolute Gasteiger partial charge is 0.337 e. The van der Waals surface area contributed by atoms with Gasteiger partial charge >= 0.3 is 6.03 Å². The van der Waals surface area contributed by atoms with Gasteiger partial charge in [-0.25, -0.2) is 4.79 Å². The van der Waals surface area contributed by atoms with E-state index in [4.69, 9.17) is 0 Å². The third-order valence-electron chi connectivity index (χ3n) is 4.04. The van der Waals surface area contributed by atoms with Crippen molar-refractivity contribution in [3.8, 4) is 0 Å². The molecule has 2 aromatic rings. The van der Waals surface area contributed by atoms with Crippen LogP contribution in [0.2, 0.25) is 0 Å². The van der Waals surface area contributed by atoms with Gasteiger partial charge in [0.05, 0.1) is 11.9 Å². The Bertz CT molecular complexity index is 616. The second-order valence-electron chi connectivity index (χ2n) is 5.54. The predicted molar refractivity (Wildman–Crippen MR) is 82.3 cm³/mol. The van der Waals surface area contributed by atoms with Gasteiger partial charge in [-0.1, -0.05) is 30.3 Å². The van der Waals surface area contributed by atoms with E-state index in [0.29, 0.717) is 6.54 Å². The highest BCUT2D eigenvalue weighted by Crippen LogP contribution is 2.47. The van der Waals surface area contributed by atoms with E-state index in [1.54, 1.807) is 10.9 Å². The molecule has 2 N–H and O–H groups in total. The topological polar surface area (TPSA) is 59.0 Å². The lowest BCUT2D eigenvalue weighted by Crippen LogP contribution is -2.35. The summed E-state index contributed by atoms with van der Waals surface area (Å²) in [5.74, 6) is 0. The van der Waals surface area contributed by atoms with Crippen LogP contribution < -0.4 is 10.6 Å². The van der Waals surface area contributed by atoms with Gasteiger partial charge in [-0.2, -0.15) is 5.10 Å². The summed E-state index contributed by atoms with van der Waals surface area (Å²) in [5, 5.41) is 9.92. The minimum atomic E-state index is -0.173. The van der Waals surface area contributed by atoms with Crippen molar-refractivity contribution in [3.63, 3.8) is 0 Å². The van der Waals surface area contributed by atoms with Gasteiger partial charge in [0, 0.05) is 24.7 Å². The van der Waals surface area contributed by atoms with Gasteiger partial charge in [0.15, 0.2) is 0 Å². The van der Waals surface area contributed by atoms with E-state index >= 15 is 0 Å². The fourth-order valence-electron chi connectivity index (χ4n) is 2.54. The van der Waals surface area contributed by atoms with Crippen molar-refractivity contribution in [1.82, 2.24) is 15.1 Å². The monoisotopic (exact) mass is 284 g/mol. The Morgan fingerprint density at radius 1 is 1.33 bits per heavy atom. The molecule has 1 aromatic heterocycles. The first-order valence-electron chi connectivity index (χ1n) is 7.35. The fraction of sp³-hybridized carbons (Fsp3) is 0.375. The average molecular weight is 284 g/mol. The number of rotatable bonds is 5. The first kappa shape index (κ1) is 13.7. The minimum Gasteiger partial charge on any atom is -0.337 e. The molecule has 5 nitrogen and oxygen atoms in total. The number of aromatic nitrogens is 2. The third-order valence-corrected chi connectivity index (χ3v) is 4.04. The number of benzene rings is 1. The molecule has 3 rings (SSSR count). The van der Waals surface area contributed by atoms with Gasteiger partial charge in [0.1, 0.15) is 0 Å². The van der Waals surface area contributed by atoms with Gasteiger partial charge in [0.2, 0.25) is 0 Å². The molecule has 5 heteroatoms. The maximum absolute atomic E-state index is 12.0. The Labute approximate surface area is 124 Å². The summed E-state index contributed by atoms with van der Waals surface area (Å²) in [6.45, 7) is 3.47. The summed E-state index contributed by atoms with van der Waals surface area (Å²) in [7, 11) is 0. The quantitative estimate of drug-likeness (QED) is 0.887. The van der Waals surface area contributed by atoms with E-state index in [2.05, 4.69) is 40.0 Å². The lowest BCUT2D eigenvalue weighted by Gasteiger charge is -2.16. The number of nitrogens with zero attached hydrogens (tertiary/aromatic N) is 2. The van der Waals surface area contributed by atoms with Crippen molar-refractivity contribution in [1.29, 1.82) is 0 Å². The van der Waals surface area contributed by atoms with Crippen LogP contribution in [0.3, 0.4) is 0 Å². The fourth-order valence-corrected chi connectivity index (χ4v) is 2.54. The number of amides is 2. The molecule has 1 aliphatic carbocycles. The number of carbonyl (C=O) groups is 1. The van der Waals surface area contributed by atoms with Crippen LogP contribution in [0, 0.1) is 0 Å². The molecule has 0 spiro atoms. The van der Waals surface area contributed by atoms with E-state index in [0.717, 1.165) is 25.1 Å². The van der Waals surface area contributed by atoms with Gasteiger partial charge in [-0.05, 0) is 25.3 Å². The zero-order valence-electron chi connectivity index (χ0n) is 12.2. The van der Waals surface area contributed by atoms with Gasteiger partial charge in [0.25, 0.3) is 0 Å². The predicted octanol–water partition coefficient (Wildman–Crippen LogP) is 2.76. The van der Waals surface area contributed by atoms with Crippen LogP contribution in [0.1, 0.15) is 25.3 Å². The maximum atomic E-state index is 12.0. The molecule has 110 valence electrons. The van der Waals surface area contributed by atoms with Crippen LogP contribution in [0.25, 0.3) is 0 Å². The van der Waals surface area contributed by atoms with E-state index in [-0.39, 0.29) is 11.4 Å². The Kier molecular flexibility index (Phi) is 3.64. The van der Waals surface area contributed by atoms with Crippen LogP contribution in [0.5, 0.6) is 0 Å². The van der Waals surface area contributed by atoms with Crippen LogP contribution in [0.15, 0.2) is 42.7 Å². The number of carbonyl (C=O) groups excluding carboxylic acids is 1. The van der Waals surface area contributed by atoms with Gasteiger partial charge < -0.3 is 10.6 Å². The molecule has 0 atom stereocenters. The molecular formula is C16H20N4O. The summed E-state index contributed by atoms with van der Waals surface area (Å²) < 4.78 is 1.78. The first-order valence-corrected chi connectivity index (χ1v) is 7.35. The van der Waals surface area contributed by atoms with E-state index in [9.17, 15) is 4.79 Å². The lowest BCUT2D eigenvalue weighted by molar-refractivity contribution is 0.251. The number of urea groups is 1. The third kappa shape index (κ3) is 3.07. The summed E-state index contributed by atoms with van der Waals surface area (Å²) in [4.78, 5) is 12.0. The Morgan fingerprint density at radius 2 is 2.10 bits per heavy atom. The number of anilines is 1. The molecule has 0 bridgehead atoms. The van der Waals surface area contributed by atoms with Gasteiger partial charge in [-0.3, -0.25) is 4.68 Å². The van der Waals surface area contributed by atoms with E-state index in [1.165, 1.54) is 5.56 Å². The Balaban J connectivity index is 1.54. The summed E-state index contributed by atoms with van der Waals surface area (Å²) in [5.41, 5.74) is 2.16. The smallest absolute Gasteiger partial charge is 0.319 e. The lowest BCUT2D eigenvalue weighted by atomic mass is 9.96. The molecule has 0 unspecified atom stereocenters. The van der Waals surface area contributed by atoms with Crippen molar-refractivity contribution < 1.29 is 4.79 Å². The van der Waals surface area contributed by atoms with E-state index < -0.39 is 0 Å². The molecule has 1 aromatic carbocycles. The molecule has 2 amide bonds. The SMILES string of the molecule is CCn1cc(NC(=O)NCC2(c3ccccc3)CC2)cn1. The summed E-state index contributed by atoms with van der Waals surface area (Å²) in [6, 6.07) is 10.2. The zero-order chi connectivity index (χ0) is 14.7. The summed E-state index contributed by atoms with van der Waals surface area (Å²) in [6.07, 6.45) is 5.74. The van der Waals surface area contributed by atoms with Crippen molar-refractivity contribution in [2.24, 2.45) is 0 Å². The first-order chi connectivity index (χ1) is 10.2. The highest BCUT2D eigenvalue weighted by atomic mass is 16.2. The zero-order valence-corrected chi connectivity index (χ0v) is 12.2. The molecular weight excluding hydrogens is 264 g/mol. The minimum absolute atomic E-state index is 0.131. The van der Waals surface area contributed by atoms with Crippen LogP contribution in [0.4, 0.5) is 10.5 Å².